The minimum absolute atomic E-state index is 0.291. The van der Waals surface area contributed by atoms with E-state index in [1.165, 1.54) is 5.56 Å². The van der Waals surface area contributed by atoms with Crippen LogP contribution in [0, 0.1) is 12.8 Å². The summed E-state index contributed by atoms with van der Waals surface area (Å²) in [6.45, 7) is 8.48. The van der Waals surface area contributed by atoms with E-state index in [2.05, 4.69) is 30.9 Å². The summed E-state index contributed by atoms with van der Waals surface area (Å²) in [5.74, 6) is -1.11. The van der Waals surface area contributed by atoms with E-state index in [0.717, 1.165) is 5.69 Å². The van der Waals surface area contributed by atoms with Crippen LogP contribution >= 0.6 is 0 Å². The molecule has 1 N–H and O–H groups in total. The molecule has 0 saturated carbocycles. The van der Waals surface area contributed by atoms with Crippen molar-refractivity contribution in [3.8, 4) is 0 Å². The van der Waals surface area contributed by atoms with Crippen LogP contribution in [-0.4, -0.2) is 23.7 Å². The fraction of sp³-hybridized carbons (Fsp3) is 0.500. The van der Waals surface area contributed by atoms with E-state index < -0.39 is 5.97 Å². The number of nitrogens with zero attached hydrogens (tertiary/aromatic N) is 1. The Morgan fingerprint density at radius 3 is 2.18 bits per heavy atom. The predicted molar refractivity (Wildman–Crippen MR) is 70.5 cm³/mol. The van der Waals surface area contributed by atoms with E-state index in [1.807, 2.05) is 19.1 Å². The van der Waals surface area contributed by atoms with Crippen molar-refractivity contribution in [2.75, 3.05) is 11.4 Å². The second-order valence-corrected chi connectivity index (χ2v) is 4.82. The lowest BCUT2D eigenvalue weighted by Crippen LogP contribution is -2.37. The Hall–Kier alpha value is -1.51. The summed E-state index contributed by atoms with van der Waals surface area (Å²) < 4.78 is 0. The number of aryl methyl sites for hydroxylation is 1. The summed E-state index contributed by atoms with van der Waals surface area (Å²) in [5.41, 5.74) is 2.29. The second-order valence-electron chi connectivity index (χ2n) is 4.82. The topological polar surface area (TPSA) is 40.5 Å². The van der Waals surface area contributed by atoms with Crippen LogP contribution in [0.2, 0.25) is 0 Å². The average Bonchev–Trinajstić information content (AvgIpc) is 2.26. The summed E-state index contributed by atoms with van der Waals surface area (Å²) in [6, 6.07) is 8.49. The molecule has 0 fully saturated rings. The van der Waals surface area contributed by atoms with E-state index >= 15 is 0 Å². The van der Waals surface area contributed by atoms with Gasteiger partial charge in [0.2, 0.25) is 0 Å². The van der Waals surface area contributed by atoms with Crippen molar-refractivity contribution in [3.05, 3.63) is 29.8 Å². The normalized spacial score (nSPS) is 12.5. The molecule has 94 valence electrons. The number of carboxylic acids is 1. The van der Waals surface area contributed by atoms with E-state index in [-0.39, 0.29) is 5.92 Å². The molecule has 0 aliphatic heterocycles. The quantitative estimate of drug-likeness (QED) is 0.853. The van der Waals surface area contributed by atoms with Crippen molar-refractivity contribution in [2.24, 2.45) is 5.92 Å². The Kier molecular flexibility index (Phi) is 4.55. The molecule has 0 radical (unpaired) electrons. The Morgan fingerprint density at radius 1 is 1.24 bits per heavy atom. The molecule has 17 heavy (non-hydrogen) atoms. The zero-order valence-corrected chi connectivity index (χ0v) is 11.0. The number of anilines is 1. The average molecular weight is 235 g/mol. The second kappa shape index (κ2) is 5.71. The van der Waals surface area contributed by atoms with Crippen molar-refractivity contribution < 1.29 is 9.90 Å². The predicted octanol–water partition coefficient (Wildman–Crippen LogP) is 2.93. The molecular weight excluding hydrogens is 214 g/mol. The molecule has 1 rings (SSSR count). The van der Waals surface area contributed by atoms with E-state index in [9.17, 15) is 4.79 Å². The molecule has 0 saturated heterocycles. The molecule has 0 heterocycles. The monoisotopic (exact) mass is 235 g/mol. The number of rotatable bonds is 5. The highest BCUT2D eigenvalue weighted by Crippen LogP contribution is 2.19. The summed E-state index contributed by atoms with van der Waals surface area (Å²) in [5, 5.41) is 8.98. The first-order valence-corrected chi connectivity index (χ1v) is 5.98. The number of hydrogen-bond donors (Lipinski definition) is 1. The first kappa shape index (κ1) is 13.6. The fourth-order valence-corrected chi connectivity index (χ4v) is 1.72. The van der Waals surface area contributed by atoms with Gasteiger partial charge in [0.1, 0.15) is 0 Å². The molecule has 3 nitrogen and oxygen atoms in total. The van der Waals surface area contributed by atoms with E-state index in [4.69, 9.17) is 5.11 Å². The van der Waals surface area contributed by atoms with E-state index in [1.54, 1.807) is 6.92 Å². The smallest absolute Gasteiger partial charge is 0.308 e. The van der Waals surface area contributed by atoms with Crippen molar-refractivity contribution in [3.63, 3.8) is 0 Å². The van der Waals surface area contributed by atoms with Crippen molar-refractivity contribution in [1.82, 2.24) is 0 Å². The zero-order valence-electron chi connectivity index (χ0n) is 11.0. The first-order valence-electron chi connectivity index (χ1n) is 5.98. The van der Waals surface area contributed by atoms with Crippen LogP contribution in [0.15, 0.2) is 24.3 Å². The largest absolute Gasteiger partial charge is 0.481 e. The van der Waals surface area contributed by atoms with Crippen molar-refractivity contribution >= 4 is 11.7 Å². The molecule has 1 aromatic carbocycles. The van der Waals surface area contributed by atoms with Crippen LogP contribution in [-0.2, 0) is 4.79 Å². The third-order valence-corrected chi connectivity index (χ3v) is 2.88. The van der Waals surface area contributed by atoms with Gasteiger partial charge in [-0.15, -0.1) is 0 Å². The molecule has 0 amide bonds. The van der Waals surface area contributed by atoms with Gasteiger partial charge in [-0.05, 0) is 32.9 Å². The van der Waals surface area contributed by atoms with E-state index in [0.29, 0.717) is 12.6 Å². The summed E-state index contributed by atoms with van der Waals surface area (Å²) in [6.07, 6.45) is 0. The molecule has 0 spiro atoms. The van der Waals surface area contributed by atoms with Gasteiger partial charge in [0.05, 0.1) is 5.92 Å². The van der Waals surface area contributed by atoms with Crippen LogP contribution in [0.5, 0.6) is 0 Å². The number of carbonyl (C=O) groups is 1. The van der Waals surface area contributed by atoms with Crippen LogP contribution < -0.4 is 4.90 Å². The van der Waals surface area contributed by atoms with Gasteiger partial charge in [-0.2, -0.15) is 0 Å². The summed E-state index contributed by atoms with van der Waals surface area (Å²) in [7, 11) is 0. The van der Waals surface area contributed by atoms with Gasteiger partial charge in [-0.3, -0.25) is 4.79 Å². The summed E-state index contributed by atoms with van der Waals surface area (Å²) >= 11 is 0. The van der Waals surface area contributed by atoms with Crippen molar-refractivity contribution in [1.29, 1.82) is 0 Å². The maximum absolute atomic E-state index is 10.9. The van der Waals surface area contributed by atoms with Gasteiger partial charge >= 0.3 is 5.97 Å². The molecule has 0 bridgehead atoms. The Morgan fingerprint density at radius 2 is 1.76 bits per heavy atom. The van der Waals surface area contributed by atoms with Crippen LogP contribution in [0.4, 0.5) is 5.69 Å². The third-order valence-electron chi connectivity index (χ3n) is 2.88. The highest BCUT2D eigenvalue weighted by Gasteiger charge is 2.18. The number of aliphatic carboxylic acids is 1. The number of carboxylic acid groups (broad SMARTS) is 1. The van der Waals surface area contributed by atoms with Crippen LogP contribution in [0.3, 0.4) is 0 Å². The molecule has 3 heteroatoms. The lowest BCUT2D eigenvalue weighted by molar-refractivity contribution is -0.140. The minimum Gasteiger partial charge on any atom is -0.481 e. The Balaban J connectivity index is 2.86. The maximum atomic E-state index is 10.9. The lowest BCUT2D eigenvalue weighted by Gasteiger charge is -2.30. The Labute approximate surface area is 103 Å². The van der Waals surface area contributed by atoms with Gasteiger partial charge in [0, 0.05) is 18.3 Å². The highest BCUT2D eigenvalue weighted by atomic mass is 16.4. The highest BCUT2D eigenvalue weighted by molar-refractivity contribution is 5.70. The van der Waals surface area contributed by atoms with Gasteiger partial charge in [0.15, 0.2) is 0 Å². The maximum Gasteiger partial charge on any atom is 0.308 e. The molecule has 0 aromatic heterocycles. The zero-order chi connectivity index (χ0) is 13.0. The third kappa shape index (κ3) is 3.77. The fourth-order valence-electron chi connectivity index (χ4n) is 1.72. The van der Waals surface area contributed by atoms with Crippen LogP contribution in [0.1, 0.15) is 26.3 Å². The molecule has 1 unspecified atom stereocenters. The Bertz CT molecular complexity index is 370. The number of hydrogen-bond acceptors (Lipinski definition) is 2. The molecular formula is C14H21NO2. The molecule has 1 atom stereocenters. The standard InChI is InChI=1S/C14H21NO2/c1-10(2)15(9-12(4)14(16)17)13-7-5-11(3)6-8-13/h5-8,10,12H,9H2,1-4H3,(H,16,17). The lowest BCUT2D eigenvalue weighted by atomic mass is 10.1. The SMILES string of the molecule is Cc1ccc(N(CC(C)C(=O)O)C(C)C)cc1. The molecule has 0 aliphatic rings. The van der Waals surface area contributed by atoms with Crippen LogP contribution in [0.25, 0.3) is 0 Å². The number of benzene rings is 1. The molecule has 0 aliphatic carbocycles. The van der Waals surface area contributed by atoms with Gasteiger partial charge in [0.25, 0.3) is 0 Å². The first-order chi connectivity index (χ1) is 7.91. The minimum atomic E-state index is -0.747. The summed E-state index contributed by atoms with van der Waals surface area (Å²) in [4.78, 5) is 13.0. The van der Waals surface area contributed by atoms with Gasteiger partial charge < -0.3 is 10.0 Å². The van der Waals surface area contributed by atoms with Gasteiger partial charge in [-0.25, -0.2) is 0 Å². The molecule has 1 aromatic rings. The van der Waals surface area contributed by atoms with Gasteiger partial charge in [-0.1, -0.05) is 24.6 Å². The van der Waals surface area contributed by atoms with Crippen molar-refractivity contribution in [2.45, 2.75) is 33.7 Å².